The van der Waals surface area contributed by atoms with Crippen LogP contribution in [0.2, 0.25) is 0 Å². The fraction of sp³-hybridized carbons (Fsp3) is 0.188. The summed E-state index contributed by atoms with van der Waals surface area (Å²) in [7, 11) is 0. The van der Waals surface area contributed by atoms with Gasteiger partial charge in [-0.25, -0.2) is 4.98 Å². The fourth-order valence-electron chi connectivity index (χ4n) is 2.25. The summed E-state index contributed by atoms with van der Waals surface area (Å²) in [5, 5.41) is 2.63. The van der Waals surface area contributed by atoms with Gasteiger partial charge in [0.05, 0.1) is 6.33 Å². The molecule has 0 bridgehead atoms. The zero-order chi connectivity index (χ0) is 12.4. The maximum absolute atomic E-state index is 4.07. The molecule has 0 aliphatic rings. The molecule has 2 aromatic carbocycles. The lowest BCUT2D eigenvalue weighted by Crippen LogP contribution is -1.96. The predicted molar refractivity (Wildman–Crippen MR) is 74.7 cm³/mol. The number of hydrogen-bond acceptors (Lipinski definition) is 1. The molecule has 90 valence electrons. The Labute approximate surface area is 107 Å². The number of nitrogens with zero attached hydrogens (tertiary/aromatic N) is 2. The monoisotopic (exact) mass is 236 g/mol. The molecule has 0 fully saturated rings. The summed E-state index contributed by atoms with van der Waals surface area (Å²) in [5.41, 5.74) is 2.70. The maximum Gasteiger partial charge on any atom is 0.0949 e. The lowest BCUT2D eigenvalue weighted by Gasteiger charge is -2.06. The highest BCUT2D eigenvalue weighted by Gasteiger charge is 1.99. The van der Waals surface area contributed by atoms with E-state index in [-0.39, 0.29) is 0 Å². The second-order valence-corrected chi connectivity index (χ2v) is 4.60. The molecule has 1 heterocycles. The lowest BCUT2D eigenvalue weighted by molar-refractivity contribution is 0.798. The van der Waals surface area contributed by atoms with Gasteiger partial charge >= 0.3 is 0 Å². The van der Waals surface area contributed by atoms with Gasteiger partial charge in [-0.2, -0.15) is 0 Å². The second-order valence-electron chi connectivity index (χ2n) is 4.60. The van der Waals surface area contributed by atoms with Gasteiger partial charge in [0.15, 0.2) is 0 Å². The predicted octanol–water partition coefficient (Wildman–Crippen LogP) is 3.65. The van der Waals surface area contributed by atoms with E-state index in [0.717, 1.165) is 13.0 Å². The van der Waals surface area contributed by atoms with Crippen LogP contribution in [0.4, 0.5) is 0 Å². The largest absolute Gasteiger partial charge is 0.333 e. The van der Waals surface area contributed by atoms with Gasteiger partial charge in [-0.3, -0.25) is 0 Å². The van der Waals surface area contributed by atoms with E-state index in [9.17, 15) is 0 Å². The van der Waals surface area contributed by atoms with Crippen LogP contribution in [-0.2, 0) is 13.0 Å². The van der Waals surface area contributed by atoms with Crippen LogP contribution in [0.5, 0.6) is 0 Å². The molecule has 3 aromatic rings. The summed E-state index contributed by atoms with van der Waals surface area (Å²) < 4.78 is 2.08. The van der Waals surface area contributed by atoms with Gasteiger partial charge in [-0.1, -0.05) is 37.3 Å². The van der Waals surface area contributed by atoms with Crippen LogP contribution in [0, 0.1) is 0 Å². The molecule has 2 heteroatoms. The summed E-state index contributed by atoms with van der Waals surface area (Å²) >= 11 is 0. The molecule has 0 aliphatic carbocycles. The number of fused-ring (bicyclic) bond motifs is 1. The number of rotatable bonds is 3. The Morgan fingerprint density at radius 3 is 2.39 bits per heavy atom. The highest BCUT2D eigenvalue weighted by Crippen LogP contribution is 2.19. The van der Waals surface area contributed by atoms with E-state index in [4.69, 9.17) is 0 Å². The molecule has 0 spiro atoms. The third-order valence-electron chi connectivity index (χ3n) is 3.30. The van der Waals surface area contributed by atoms with Gasteiger partial charge in [0, 0.05) is 18.9 Å². The fourth-order valence-corrected chi connectivity index (χ4v) is 2.25. The summed E-state index contributed by atoms with van der Waals surface area (Å²) in [6, 6.07) is 13.4. The van der Waals surface area contributed by atoms with E-state index in [1.54, 1.807) is 0 Å². The zero-order valence-electron chi connectivity index (χ0n) is 10.5. The smallest absolute Gasteiger partial charge is 0.0949 e. The number of aromatic nitrogens is 2. The van der Waals surface area contributed by atoms with Crippen LogP contribution in [0.25, 0.3) is 10.8 Å². The van der Waals surface area contributed by atoms with Crippen molar-refractivity contribution in [1.29, 1.82) is 0 Å². The van der Waals surface area contributed by atoms with Crippen molar-refractivity contribution in [2.45, 2.75) is 19.9 Å². The van der Waals surface area contributed by atoms with E-state index in [2.05, 4.69) is 52.9 Å². The standard InChI is InChI=1S/C16H16N2/c1-2-13-3-5-16-10-14(4-6-15(16)9-13)11-18-8-7-17-12-18/h3-10,12H,2,11H2,1H3. The first-order chi connectivity index (χ1) is 8.85. The zero-order valence-corrected chi connectivity index (χ0v) is 10.5. The highest BCUT2D eigenvalue weighted by atomic mass is 15.0. The van der Waals surface area contributed by atoms with Crippen molar-refractivity contribution in [2.24, 2.45) is 0 Å². The normalized spacial score (nSPS) is 10.9. The molecule has 0 atom stereocenters. The van der Waals surface area contributed by atoms with Gasteiger partial charge in [0.1, 0.15) is 0 Å². The van der Waals surface area contributed by atoms with Crippen molar-refractivity contribution in [1.82, 2.24) is 9.55 Å². The van der Waals surface area contributed by atoms with Crippen LogP contribution < -0.4 is 0 Å². The van der Waals surface area contributed by atoms with Crippen LogP contribution in [0.15, 0.2) is 55.1 Å². The first-order valence-corrected chi connectivity index (χ1v) is 6.32. The first kappa shape index (κ1) is 11.0. The summed E-state index contributed by atoms with van der Waals surface area (Å²) in [5.74, 6) is 0. The van der Waals surface area contributed by atoms with Crippen molar-refractivity contribution in [3.05, 3.63) is 66.2 Å². The van der Waals surface area contributed by atoms with E-state index in [1.165, 1.54) is 21.9 Å². The van der Waals surface area contributed by atoms with Crippen molar-refractivity contribution in [2.75, 3.05) is 0 Å². The Morgan fingerprint density at radius 2 is 1.72 bits per heavy atom. The molecule has 0 aliphatic heterocycles. The molecule has 0 amide bonds. The molecule has 0 saturated heterocycles. The number of imidazole rings is 1. The Morgan fingerprint density at radius 1 is 1.00 bits per heavy atom. The summed E-state index contributed by atoms with van der Waals surface area (Å²) in [4.78, 5) is 4.07. The van der Waals surface area contributed by atoms with Gasteiger partial charge in [-0.15, -0.1) is 0 Å². The highest BCUT2D eigenvalue weighted by molar-refractivity contribution is 5.83. The molecule has 18 heavy (non-hydrogen) atoms. The van der Waals surface area contributed by atoms with Crippen LogP contribution >= 0.6 is 0 Å². The Hall–Kier alpha value is -2.09. The maximum atomic E-state index is 4.07. The van der Waals surface area contributed by atoms with E-state index < -0.39 is 0 Å². The Balaban J connectivity index is 1.96. The third-order valence-corrected chi connectivity index (χ3v) is 3.30. The Bertz CT molecular complexity index is 654. The van der Waals surface area contributed by atoms with Crippen molar-refractivity contribution < 1.29 is 0 Å². The molecule has 1 aromatic heterocycles. The number of benzene rings is 2. The van der Waals surface area contributed by atoms with Crippen LogP contribution in [0.3, 0.4) is 0 Å². The van der Waals surface area contributed by atoms with Crippen LogP contribution in [-0.4, -0.2) is 9.55 Å². The number of aryl methyl sites for hydroxylation is 1. The SMILES string of the molecule is CCc1ccc2cc(Cn3ccnc3)ccc2c1. The molecule has 0 N–H and O–H groups in total. The summed E-state index contributed by atoms with van der Waals surface area (Å²) in [6.07, 6.45) is 6.75. The average Bonchev–Trinajstić information content (AvgIpc) is 2.91. The van der Waals surface area contributed by atoms with Crippen LogP contribution in [0.1, 0.15) is 18.1 Å². The second kappa shape index (κ2) is 4.65. The molecule has 0 radical (unpaired) electrons. The molecular weight excluding hydrogens is 220 g/mol. The van der Waals surface area contributed by atoms with Crippen molar-refractivity contribution >= 4 is 10.8 Å². The van der Waals surface area contributed by atoms with E-state index >= 15 is 0 Å². The summed E-state index contributed by atoms with van der Waals surface area (Å²) in [6.45, 7) is 3.07. The van der Waals surface area contributed by atoms with Crippen molar-refractivity contribution in [3.8, 4) is 0 Å². The molecule has 2 nitrogen and oxygen atoms in total. The quantitative estimate of drug-likeness (QED) is 0.678. The van der Waals surface area contributed by atoms with Crippen molar-refractivity contribution in [3.63, 3.8) is 0 Å². The topological polar surface area (TPSA) is 17.8 Å². The Kier molecular flexibility index (Phi) is 2.85. The number of hydrogen-bond donors (Lipinski definition) is 0. The first-order valence-electron chi connectivity index (χ1n) is 6.32. The van der Waals surface area contributed by atoms with E-state index in [0.29, 0.717) is 0 Å². The lowest BCUT2D eigenvalue weighted by atomic mass is 10.0. The van der Waals surface area contributed by atoms with Gasteiger partial charge in [-0.05, 0) is 34.4 Å². The van der Waals surface area contributed by atoms with Gasteiger partial charge < -0.3 is 4.57 Å². The van der Waals surface area contributed by atoms with Gasteiger partial charge in [0.2, 0.25) is 0 Å². The average molecular weight is 236 g/mol. The molecule has 0 unspecified atom stereocenters. The minimum atomic E-state index is 0.880. The minimum absolute atomic E-state index is 0.880. The minimum Gasteiger partial charge on any atom is -0.333 e. The van der Waals surface area contributed by atoms with Gasteiger partial charge in [0.25, 0.3) is 0 Å². The molecule has 3 rings (SSSR count). The third kappa shape index (κ3) is 2.14. The molecule has 0 saturated carbocycles. The van der Waals surface area contributed by atoms with E-state index in [1.807, 2.05) is 18.7 Å². The molecular formula is C16H16N2.